The van der Waals surface area contributed by atoms with E-state index in [2.05, 4.69) is 23.1 Å². The summed E-state index contributed by atoms with van der Waals surface area (Å²) in [5, 5.41) is 4.26. The lowest BCUT2D eigenvalue weighted by molar-refractivity contribution is 0.387. The Hall–Kier alpha value is -0.870. The monoisotopic (exact) mass is 309 g/mol. The summed E-state index contributed by atoms with van der Waals surface area (Å²) in [6.45, 7) is 0. The van der Waals surface area contributed by atoms with Gasteiger partial charge < -0.3 is 14.8 Å². The zero-order valence-corrected chi connectivity index (χ0v) is 14.2. The van der Waals surface area contributed by atoms with Crippen LogP contribution in [0.4, 0.5) is 0 Å². The summed E-state index contributed by atoms with van der Waals surface area (Å²) in [7, 11) is 5.43. The zero-order chi connectivity index (χ0) is 15.1. The summed E-state index contributed by atoms with van der Waals surface area (Å²) in [5.41, 5.74) is 1.21. The van der Waals surface area contributed by atoms with E-state index in [-0.39, 0.29) is 0 Å². The Balaban J connectivity index is 2.02. The van der Waals surface area contributed by atoms with Gasteiger partial charge in [-0.2, -0.15) is 11.8 Å². The molecule has 0 bridgehead atoms. The van der Waals surface area contributed by atoms with Crippen LogP contribution in [0.15, 0.2) is 18.2 Å². The highest BCUT2D eigenvalue weighted by Crippen LogP contribution is 2.34. The first kappa shape index (κ1) is 16.5. The van der Waals surface area contributed by atoms with E-state index >= 15 is 0 Å². The molecule has 1 aliphatic rings. The molecule has 1 aromatic carbocycles. The Labute approximate surface area is 132 Å². The summed E-state index contributed by atoms with van der Waals surface area (Å²) in [4.78, 5) is 0. The number of hydrogen-bond acceptors (Lipinski definition) is 4. The Bertz CT molecular complexity index is 433. The summed E-state index contributed by atoms with van der Waals surface area (Å²) in [5.74, 6) is 2.83. The molecular weight excluding hydrogens is 282 g/mol. The van der Waals surface area contributed by atoms with Crippen molar-refractivity contribution >= 4 is 11.8 Å². The van der Waals surface area contributed by atoms with Gasteiger partial charge in [0.05, 0.1) is 14.2 Å². The second-order valence-electron chi connectivity index (χ2n) is 5.54. The number of thioether (sulfide) groups is 1. The fourth-order valence-electron chi connectivity index (χ4n) is 2.90. The van der Waals surface area contributed by atoms with Crippen molar-refractivity contribution in [2.75, 3.05) is 27.0 Å². The van der Waals surface area contributed by atoms with Crippen LogP contribution in [0.1, 0.15) is 43.7 Å². The van der Waals surface area contributed by atoms with Gasteiger partial charge >= 0.3 is 0 Å². The molecule has 1 N–H and O–H groups in total. The maximum atomic E-state index is 5.53. The van der Waals surface area contributed by atoms with Crippen LogP contribution in [0.5, 0.6) is 11.5 Å². The van der Waals surface area contributed by atoms with Crippen LogP contribution >= 0.6 is 11.8 Å². The molecule has 1 atom stereocenters. The van der Waals surface area contributed by atoms with Gasteiger partial charge in [0.2, 0.25) is 0 Å². The highest BCUT2D eigenvalue weighted by Gasteiger charge is 2.19. The van der Waals surface area contributed by atoms with Gasteiger partial charge in [0.25, 0.3) is 0 Å². The van der Waals surface area contributed by atoms with E-state index in [0.29, 0.717) is 6.04 Å². The molecular formula is C17H27NO2S. The number of ether oxygens (including phenoxy) is 2. The van der Waals surface area contributed by atoms with Gasteiger partial charge in [-0.1, -0.05) is 25.3 Å². The minimum atomic E-state index is 0.317. The van der Waals surface area contributed by atoms with E-state index in [1.807, 2.05) is 19.2 Å². The van der Waals surface area contributed by atoms with E-state index in [1.54, 1.807) is 14.2 Å². The topological polar surface area (TPSA) is 30.5 Å². The van der Waals surface area contributed by atoms with Crippen molar-refractivity contribution < 1.29 is 9.47 Å². The largest absolute Gasteiger partial charge is 0.497 e. The third-order valence-electron chi connectivity index (χ3n) is 4.22. The minimum Gasteiger partial charge on any atom is -0.497 e. The Kier molecular flexibility index (Phi) is 6.71. The Morgan fingerprint density at radius 3 is 2.57 bits per heavy atom. The Morgan fingerprint density at radius 2 is 1.95 bits per heavy atom. The molecule has 0 heterocycles. The van der Waals surface area contributed by atoms with Gasteiger partial charge in [-0.15, -0.1) is 0 Å². The van der Waals surface area contributed by atoms with Crippen molar-refractivity contribution in [1.82, 2.24) is 5.32 Å². The molecule has 4 heteroatoms. The van der Waals surface area contributed by atoms with Crippen LogP contribution < -0.4 is 14.8 Å². The molecule has 0 aliphatic heterocycles. The molecule has 0 radical (unpaired) electrons. The van der Waals surface area contributed by atoms with Crippen molar-refractivity contribution in [3.05, 3.63) is 23.8 Å². The molecule has 0 amide bonds. The highest BCUT2D eigenvalue weighted by molar-refractivity contribution is 7.99. The number of benzene rings is 1. The quantitative estimate of drug-likeness (QED) is 0.824. The lowest BCUT2D eigenvalue weighted by Crippen LogP contribution is -2.21. The normalized spacial score (nSPS) is 17.5. The maximum Gasteiger partial charge on any atom is 0.127 e. The van der Waals surface area contributed by atoms with Crippen LogP contribution in [0, 0.1) is 0 Å². The van der Waals surface area contributed by atoms with Crippen LogP contribution in [-0.4, -0.2) is 32.3 Å². The van der Waals surface area contributed by atoms with Gasteiger partial charge in [-0.25, -0.2) is 0 Å². The highest BCUT2D eigenvalue weighted by atomic mass is 32.2. The SMILES string of the molecule is CNC(CSC1CCCCC1)c1ccc(OC)cc1OC. The lowest BCUT2D eigenvalue weighted by Gasteiger charge is -2.25. The first-order valence-corrected chi connectivity index (χ1v) is 8.84. The molecule has 3 nitrogen and oxygen atoms in total. The zero-order valence-electron chi connectivity index (χ0n) is 13.4. The van der Waals surface area contributed by atoms with E-state index in [0.717, 1.165) is 22.5 Å². The standard InChI is InChI=1S/C17H27NO2S/c1-18-16(12-21-14-7-5-4-6-8-14)15-10-9-13(19-2)11-17(15)20-3/h9-11,14,16,18H,4-8,12H2,1-3H3. The molecule has 118 valence electrons. The lowest BCUT2D eigenvalue weighted by atomic mass is 10.0. The second kappa shape index (κ2) is 8.54. The van der Waals surface area contributed by atoms with Gasteiger partial charge in [0.15, 0.2) is 0 Å². The predicted molar refractivity (Wildman–Crippen MR) is 90.7 cm³/mol. The van der Waals surface area contributed by atoms with Gasteiger partial charge in [0.1, 0.15) is 11.5 Å². The molecule has 21 heavy (non-hydrogen) atoms. The van der Waals surface area contributed by atoms with Crippen LogP contribution in [0.25, 0.3) is 0 Å². The summed E-state index contributed by atoms with van der Waals surface area (Å²) in [6, 6.07) is 6.40. The number of hydrogen-bond donors (Lipinski definition) is 1. The third-order valence-corrected chi connectivity index (χ3v) is 5.68. The van der Waals surface area contributed by atoms with Crippen LogP contribution in [0.2, 0.25) is 0 Å². The molecule has 2 rings (SSSR count). The number of rotatable bonds is 7. The first-order chi connectivity index (χ1) is 10.3. The van der Waals surface area contributed by atoms with Crippen molar-refractivity contribution in [3.63, 3.8) is 0 Å². The molecule has 1 aromatic rings. The van der Waals surface area contributed by atoms with Crippen molar-refractivity contribution in [1.29, 1.82) is 0 Å². The molecule has 1 fully saturated rings. The molecule has 1 unspecified atom stereocenters. The predicted octanol–water partition coefficient (Wildman–Crippen LogP) is 4.03. The van der Waals surface area contributed by atoms with Crippen LogP contribution in [0.3, 0.4) is 0 Å². The van der Waals surface area contributed by atoms with Crippen LogP contribution in [-0.2, 0) is 0 Å². The van der Waals surface area contributed by atoms with E-state index < -0.39 is 0 Å². The van der Waals surface area contributed by atoms with E-state index in [9.17, 15) is 0 Å². The Morgan fingerprint density at radius 1 is 1.19 bits per heavy atom. The fraction of sp³-hybridized carbons (Fsp3) is 0.647. The minimum absolute atomic E-state index is 0.317. The van der Waals surface area contributed by atoms with Gasteiger partial charge in [-0.05, 0) is 26.0 Å². The second-order valence-corrected chi connectivity index (χ2v) is 6.88. The van der Waals surface area contributed by atoms with Crippen molar-refractivity contribution in [2.45, 2.75) is 43.4 Å². The first-order valence-electron chi connectivity index (χ1n) is 7.79. The molecule has 0 aromatic heterocycles. The summed E-state index contributed by atoms with van der Waals surface area (Å²) in [6.07, 6.45) is 6.96. The molecule has 0 spiro atoms. The smallest absolute Gasteiger partial charge is 0.127 e. The number of nitrogens with one attached hydrogen (secondary N) is 1. The fourth-order valence-corrected chi connectivity index (χ4v) is 4.38. The molecule has 0 saturated heterocycles. The molecule has 1 aliphatic carbocycles. The average molecular weight is 309 g/mol. The van der Waals surface area contributed by atoms with E-state index in [1.165, 1.54) is 37.7 Å². The maximum absolute atomic E-state index is 5.53. The van der Waals surface area contributed by atoms with Gasteiger partial charge in [0, 0.05) is 28.7 Å². The number of methoxy groups -OCH3 is 2. The average Bonchev–Trinajstić information content (AvgIpc) is 2.56. The summed E-state index contributed by atoms with van der Waals surface area (Å²) < 4.78 is 10.8. The summed E-state index contributed by atoms with van der Waals surface area (Å²) >= 11 is 2.10. The van der Waals surface area contributed by atoms with Gasteiger partial charge in [-0.3, -0.25) is 0 Å². The molecule has 1 saturated carbocycles. The van der Waals surface area contributed by atoms with Crippen molar-refractivity contribution in [2.24, 2.45) is 0 Å². The van der Waals surface area contributed by atoms with E-state index in [4.69, 9.17) is 9.47 Å². The van der Waals surface area contributed by atoms with Crippen molar-refractivity contribution in [3.8, 4) is 11.5 Å². The third kappa shape index (κ3) is 4.55.